The number of aryl methyl sites for hydroxylation is 1. The zero-order valence-electron chi connectivity index (χ0n) is 13.8. The quantitative estimate of drug-likeness (QED) is 0.725. The number of pyridine rings is 1. The van der Waals surface area contributed by atoms with Crippen molar-refractivity contribution >= 4 is 17.4 Å². The highest BCUT2D eigenvalue weighted by Crippen LogP contribution is 2.20. The largest absolute Gasteiger partial charge is 0.450 e. The predicted octanol–water partition coefficient (Wildman–Crippen LogP) is 3.75. The van der Waals surface area contributed by atoms with Crippen molar-refractivity contribution in [1.29, 1.82) is 0 Å². The highest BCUT2D eigenvalue weighted by molar-refractivity contribution is 5.89. The van der Waals surface area contributed by atoms with Crippen LogP contribution in [0.2, 0.25) is 0 Å². The van der Waals surface area contributed by atoms with Crippen molar-refractivity contribution in [3.8, 4) is 11.8 Å². The molecule has 0 saturated heterocycles. The summed E-state index contributed by atoms with van der Waals surface area (Å²) in [6.07, 6.45) is 3.10. The second-order valence-electron chi connectivity index (χ2n) is 5.32. The van der Waals surface area contributed by atoms with Crippen LogP contribution in [-0.4, -0.2) is 22.1 Å². The third-order valence-electron chi connectivity index (χ3n) is 3.44. The molecule has 0 fully saturated rings. The number of carbonyl (C=O) groups excluding carboxylic acids is 1. The molecule has 0 aliphatic carbocycles. The standard InChI is InChI=1S/C19H16FN3O2/c1-3-25-19(24)22-17-10-11-23-12-13(2)21-18(23)16(17)9-6-14-4-7-15(20)8-5-14/h4-5,7-8,10-12H,3H2,1-2H3,(H,22,24). The van der Waals surface area contributed by atoms with Crippen LogP contribution >= 0.6 is 0 Å². The molecule has 0 saturated carbocycles. The summed E-state index contributed by atoms with van der Waals surface area (Å²) in [5.74, 6) is 5.68. The summed E-state index contributed by atoms with van der Waals surface area (Å²) in [5, 5.41) is 2.68. The highest BCUT2D eigenvalue weighted by Gasteiger charge is 2.12. The van der Waals surface area contributed by atoms with Crippen molar-refractivity contribution < 1.29 is 13.9 Å². The summed E-state index contributed by atoms with van der Waals surface area (Å²) >= 11 is 0. The molecule has 6 heteroatoms. The van der Waals surface area contributed by atoms with Gasteiger partial charge in [-0.2, -0.15) is 0 Å². The van der Waals surface area contributed by atoms with Gasteiger partial charge in [0.2, 0.25) is 0 Å². The van der Waals surface area contributed by atoms with Crippen molar-refractivity contribution in [3.63, 3.8) is 0 Å². The van der Waals surface area contributed by atoms with Gasteiger partial charge >= 0.3 is 6.09 Å². The van der Waals surface area contributed by atoms with Crippen molar-refractivity contribution in [1.82, 2.24) is 9.38 Å². The molecule has 5 nitrogen and oxygen atoms in total. The van der Waals surface area contributed by atoms with Crippen molar-refractivity contribution in [2.75, 3.05) is 11.9 Å². The fourth-order valence-electron chi connectivity index (χ4n) is 2.35. The zero-order chi connectivity index (χ0) is 17.8. The minimum Gasteiger partial charge on any atom is -0.450 e. The number of benzene rings is 1. The maximum Gasteiger partial charge on any atom is 0.411 e. The molecule has 126 valence electrons. The van der Waals surface area contributed by atoms with Gasteiger partial charge in [-0.05, 0) is 44.2 Å². The van der Waals surface area contributed by atoms with Crippen LogP contribution in [0.3, 0.4) is 0 Å². The Bertz CT molecular complexity index is 982. The fraction of sp³-hybridized carbons (Fsp3) is 0.158. The Kier molecular flexibility index (Phi) is 4.66. The van der Waals surface area contributed by atoms with Crippen LogP contribution in [-0.2, 0) is 4.74 Å². The van der Waals surface area contributed by atoms with E-state index >= 15 is 0 Å². The lowest BCUT2D eigenvalue weighted by molar-refractivity contribution is 0.168. The average Bonchev–Trinajstić information content (AvgIpc) is 2.96. The number of aromatic nitrogens is 2. The van der Waals surface area contributed by atoms with E-state index in [4.69, 9.17) is 4.74 Å². The van der Waals surface area contributed by atoms with E-state index in [0.29, 0.717) is 22.5 Å². The van der Waals surface area contributed by atoms with Crippen LogP contribution in [0.25, 0.3) is 5.65 Å². The number of halogens is 1. The average molecular weight is 337 g/mol. The molecular formula is C19H16FN3O2. The number of amides is 1. The molecule has 0 unspecified atom stereocenters. The van der Waals surface area contributed by atoms with E-state index < -0.39 is 6.09 Å². The smallest absolute Gasteiger partial charge is 0.411 e. The van der Waals surface area contributed by atoms with Crippen LogP contribution in [0.5, 0.6) is 0 Å². The van der Waals surface area contributed by atoms with E-state index in [1.54, 1.807) is 31.3 Å². The van der Waals surface area contributed by atoms with Gasteiger partial charge in [-0.1, -0.05) is 11.8 Å². The van der Waals surface area contributed by atoms with Gasteiger partial charge in [-0.15, -0.1) is 0 Å². The number of nitrogens with zero attached hydrogens (tertiary/aromatic N) is 2. The minimum atomic E-state index is -0.556. The Labute approximate surface area is 144 Å². The molecule has 3 aromatic rings. The summed E-state index contributed by atoms with van der Waals surface area (Å²) in [6.45, 7) is 3.88. The zero-order valence-corrected chi connectivity index (χ0v) is 13.8. The molecule has 3 rings (SSSR count). The first kappa shape index (κ1) is 16.5. The Hall–Kier alpha value is -3.33. The van der Waals surface area contributed by atoms with Crippen LogP contribution in [0.4, 0.5) is 14.9 Å². The molecule has 0 aliphatic heterocycles. The Morgan fingerprint density at radius 2 is 2.04 bits per heavy atom. The van der Waals surface area contributed by atoms with Gasteiger partial charge in [0, 0.05) is 18.0 Å². The number of hydrogen-bond acceptors (Lipinski definition) is 3. The predicted molar refractivity (Wildman–Crippen MR) is 93.0 cm³/mol. The third kappa shape index (κ3) is 3.78. The number of anilines is 1. The van der Waals surface area contributed by atoms with Gasteiger partial charge in [0.15, 0.2) is 5.65 Å². The van der Waals surface area contributed by atoms with E-state index in [1.807, 2.05) is 17.5 Å². The number of hydrogen-bond donors (Lipinski definition) is 1. The molecular weight excluding hydrogens is 321 g/mol. The minimum absolute atomic E-state index is 0.271. The van der Waals surface area contributed by atoms with Gasteiger partial charge in [0.1, 0.15) is 5.82 Å². The van der Waals surface area contributed by atoms with E-state index in [-0.39, 0.29) is 12.4 Å². The van der Waals surface area contributed by atoms with Gasteiger partial charge in [0.05, 0.1) is 23.6 Å². The first-order chi connectivity index (χ1) is 12.1. The fourth-order valence-corrected chi connectivity index (χ4v) is 2.35. The SMILES string of the molecule is CCOC(=O)Nc1ccn2cc(C)nc2c1C#Cc1ccc(F)cc1. The van der Waals surface area contributed by atoms with Gasteiger partial charge < -0.3 is 9.14 Å². The third-order valence-corrected chi connectivity index (χ3v) is 3.44. The van der Waals surface area contributed by atoms with Crippen molar-refractivity contribution in [3.05, 3.63) is 65.4 Å². The Balaban J connectivity index is 2.06. The second kappa shape index (κ2) is 7.05. The first-order valence-electron chi connectivity index (χ1n) is 7.76. The summed E-state index contributed by atoms with van der Waals surface area (Å²) < 4.78 is 19.8. The summed E-state index contributed by atoms with van der Waals surface area (Å²) in [6, 6.07) is 7.62. The van der Waals surface area contributed by atoms with Crippen molar-refractivity contribution in [2.45, 2.75) is 13.8 Å². The highest BCUT2D eigenvalue weighted by atomic mass is 19.1. The summed E-state index contributed by atoms with van der Waals surface area (Å²) in [4.78, 5) is 16.2. The molecule has 2 heterocycles. The van der Waals surface area contributed by atoms with Crippen LogP contribution in [0.1, 0.15) is 23.7 Å². The number of nitrogens with one attached hydrogen (secondary N) is 1. The molecule has 2 aromatic heterocycles. The van der Waals surface area contributed by atoms with E-state index in [2.05, 4.69) is 22.1 Å². The summed E-state index contributed by atoms with van der Waals surface area (Å²) in [7, 11) is 0. The molecule has 1 amide bonds. The first-order valence-corrected chi connectivity index (χ1v) is 7.76. The van der Waals surface area contributed by atoms with E-state index in [1.165, 1.54) is 12.1 Å². The molecule has 1 N–H and O–H groups in total. The van der Waals surface area contributed by atoms with Crippen LogP contribution in [0, 0.1) is 24.6 Å². The Morgan fingerprint density at radius 3 is 2.76 bits per heavy atom. The lowest BCUT2D eigenvalue weighted by Gasteiger charge is -2.08. The van der Waals surface area contributed by atoms with Gasteiger partial charge in [-0.25, -0.2) is 14.2 Å². The number of rotatable bonds is 2. The van der Waals surface area contributed by atoms with Gasteiger partial charge in [-0.3, -0.25) is 5.32 Å². The lowest BCUT2D eigenvalue weighted by Crippen LogP contribution is -2.14. The molecule has 0 bridgehead atoms. The number of imidazole rings is 1. The molecule has 0 spiro atoms. The van der Waals surface area contributed by atoms with Gasteiger partial charge in [0.25, 0.3) is 0 Å². The topological polar surface area (TPSA) is 55.6 Å². The Morgan fingerprint density at radius 1 is 1.28 bits per heavy atom. The maximum atomic E-state index is 13.0. The normalized spacial score (nSPS) is 10.2. The van der Waals surface area contributed by atoms with Crippen LogP contribution in [0.15, 0.2) is 42.7 Å². The number of carbonyl (C=O) groups is 1. The van der Waals surface area contributed by atoms with Crippen LogP contribution < -0.4 is 5.32 Å². The molecule has 0 atom stereocenters. The molecule has 0 radical (unpaired) electrons. The van der Waals surface area contributed by atoms with Crippen molar-refractivity contribution in [2.24, 2.45) is 0 Å². The monoisotopic (exact) mass is 337 g/mol. The second-order valence-corrected chi connectivity index (χ2v) is 5.32. The van der Waals surface area contributed by atoms with E-state index in [9.17, 15) is 9.18 Å². The molecule has 25 heavy (non-hydrogen) atoms. The number of fused-ring (bicyclic) bond motifs is 1. The number of ether oxygens (including phenoxy) is 1. The lowest BCUT2D eigenvalue weighted by atomic mass is 10.1. The molecule has 1 aromatic carbocycles. The van der Waals surface area contributed by atoms with E-state index in [0.717, 1.165) is 5.69 Å². The molecule has 0 aliphatic rings. The summed E-state index contributed by atoms with van der Waals surface area (Å²) in [5.41, 5.74) is 3.19. The maximum absolute atomic E-state index is 13.0.